The molecule has 0 radical (unpaired) electrons. The summed E-state index contributed by atoms with van der Waals surface area (Å²) in [7, 11) is 0. The summed E-state index contributed by atoms with van der Waals surface area (Å²) in [5.41, 5.74) is 3.66. The highest BCUT2D eigenvalue weighted by Gasteiger charge is 2.50. The van der Waals surface area contributed by atoms with Crippen LogP contribution >= 0.6 is 0 Å². The first-order valence-corrected chi connectivity index (χ1v) is 12.4. The molecule has 7 nitrogen and oxygen atoms in total. The summed E-state index contributed by atoms with van der Waals surface area (Å²) >= 11 is 0. The van der Waals surface area contributed by atoms with E-state index in [9.17, 15) is 0 Å². The third-order valence-corrected chi connectivity index (χ3v) is 7.74. The van der Waals surface area contributed by atoms with Crippen molar-refractivity contribution >= 4 is 0 Å². The zero-order chi connectivity index (χ0) is 22.8. The molecule has 7 heteroatoms. The molecule has 2 aliphatic heterocycles. The summed E-state index contributed by atoms with van der Waals surface area (Å²) < 4.78 is 5.25. The first-order chi connectivity index (χ1) is 16.8. The molecule has 2 aromatic carbocycles. The van der Waals surface area contributed by atoms with Crippen molar-refractivity contribution in [1.29, 1.82) is 0 Å². The second-order valence-corrected chi connectivity index (χ2v) is 9.65. The zero-order valence-corrected chi connectivity index (χ0v) is 19.5. The summed E-state index contributed by atoms with van der Waals surface area (Å²) in [6.45, 7) is 5.35. The fourth-order valence-corrected chi connectivity index (χ4v) is 6.12. The lowest BCUT2D eigenvalue weighted by molar-refractivity contribution is -0.962. The molecule has 2 unspecified atom stereocenters. The number of hydrogen-bond acceptors (Lipinski definition) is 4. The molecule has 4 heterocycles. The number of aromatic nitrogens is 5. The predicted octanol–water partition coefficient (Wildman–Crippen LogP) is 3.57. The maximum atomic E-state index is 4.78. The average molecular weight is 455 g/mol. The Bertz CT molecular complexity index is 1190. The number of quaternary nitrogens is 1. The molecule has 2 aromatic heterocycles. The van der Waals surface area contributed by atoms with Crippen LogP contribution in [-0.4, -0.2) is 61.2 Å². The van der Waals surface area contributed by atoms with Gasteiger partial charge >= 0.3 is 0 Å². The van der Waals surface area contributed by atoms with Crippen molar-refractivity contribution in [2.45, 2.75) is 37.9 Å². The Labute approximate surface area is 200 Å². The standard InChI is InChI=1S/C27H32N7/c1-2-7-22(8-3-1)20-32-21-29-31-27(32)26(34(17-4-5-18-34)25-13-15-28-19-25)23-9-11-24(12-10-23)33-16-6-14-30-33/h1-3,6-12,14,16,21,25-26,28H,4-5,13,15,17-20H2/q+1. The van der Waals surface area contributed by atoms with Gasteiger partial charge in [-0.25, -0.2) is 4.68 Å². The molecule has 2 aliphatic rings. The summed E-state index contributed by atoms with van der Waals surface area (Å²) in [4.78, 5) is 0. The van der Waals surface area contributed by atoms with Crippen LogP contribution in [0.5, 0.6) is 0 Å². The Morgan fingerprint density at radius 3 is 2.53 bits per heavy atom. The molecule has 34 heavy (non-hydrogen) atoms. The number of rotatable bonds is 7. The molecule has 6 rings (SSSR count). The topological polar surface area (TPSA) is 60.6 Å². The second-order valence-electron chi connectivity index (χ2n) is 9.65. The van der Waals surface area contributed by atoms with Crippen LogP contribution in [0.15, 0.2) is 79.4 Å². The first-order valence-electron chi connectivity index (χ1n) is 12.4. The normalized spacial score (nSPS) is 20.5. The van der Waals surface area contributed by atoms with Crippen molar-refractivity contribution < 1.29 is 4.48 Å². The summed E-state index contributed by atoms with van der Waals surface area (Å²) in [5, 5.41) is 17.2. The molecule has 4 aromatic rings. The smallest absolute Gasteiger partial charge is 0.196 e. The number of nitrogens with one attached hydrogen (secondary N) is 1. The first kappa shape index (κ1) is 21.3. The van der Waals surface area contributed by atoms with Crippen LogP contribution in [0.4, 0.5) is 0 Å². The highest BCUT2D eigenvalue weighted by Crippen LogP contribution is 2.42. The fourth-order valence-electron chi connectivity index (χ4n) is 6.12. The molecular formula is C27H32N7+. The molecule has 2 saturated heterocycles. The fraction of sp³-hybridized carbons (Fsp3) is 0.370. The molecule has 174 valence electrons. The van der Waals surface area contributed by atoms with E-state index in [1.165, 1.54) is 43.5 Å². The Morgan fingerprint density at radius 2 is 1.82 bits per heavy atom. The van der Waals surface area contributed by atoms with E-state index in [0.29, 0.717) is 6.04 Å². The molecule has 0 aliphatic carbocycles. The molecular weight excluding hydrogens is 422 g/mol. The lowest BCUT2D eigenvalue weighted by atomic mass is 9.97. The van der Waals surface area contributed by atoms with Gasteiger partial charge in [-0.15, -0.1) is 10.2 Å². The Kier molecular flexibility index (Phi) is 5.73. The van der Waals surface area contributed by atoms with Gasteiger partial charge in [0.05, 0.1) is 25.3 Å². The van der Waals surface area contributed by atoms with Crippen LogP contribution in [0.1, 0.15) is 42.3 Å². The van der Waals surface area contributed by atoms with E-state index in [0.717, 1.165) is 35.6 Å². The van der Waals surface area contributed by atoms with E-state index >= 15 is 0 Å². The summed E-state index contributed by atoms with van der Waals surface area (Å²) in [6, 6.07) is 22.3. The maximum Gasteiger partial charge on any atom is 0.196 e. The Balaban J connectivity index is 1.44. The Morgan fingerprint density at radius 1 is 1.00 bits per heavy atom. The monoisotopic (exact) mass is 454 g/mol. The van der Waals surface area contributed by atoms with Gasteiger partial charge < -0.3 is 14.4 Å². The molecule has 0 saturated carbocycles. The van der Waals surface area contributed by atoms with Gasteiger partial charge in [-0.3, -0.25) is 0 Å². The van der Waals surface area contributed by atoms with Gasteiger partial charge in [0.25, 0.3) is 0 Å². The van der Waals surface area contributed by atoms with Crippen LogP contribution in [0.3, 0.4) is 0 Å². The summed E-state index contributed by atoms with van der Waals surface area (Å²) in [6.07, 6.45) is 9.47. The largest absolute Gasteiger partial charge is 0.311 e. The lowest BCUT2D eigenvalue weighted by Gasteiger charge is -2.45. The van der Waals surface area contributed by atoms with Crippen LogP contribution < -0.4 is 5.32 Å². The molecule has 2 fully saturated rings. The third-order valence-electron chi connectivity index (χ3n) is 7.74. The third kappa shape index (κ3) is 3.85. The quantitative estimate of drug-likeness (QED) is 0.434. The van der Waals surface area contributed by atoms with E-state index in [1.54, 1.807) is 0 Å². The average Bonchev–Trinajstić information content (AvgIpc) is 3.69. The SMILES string of the molecule is c1ccc(Cn2cnnc2C(c2ccc(-n3cccn3)cc2)[N+]2(C3CCNC3)CCCC2)cc1. The van der Waals surface area contributed by atoms with Crippen molar-refractivity contribution in [3.63, 3.8) is 0 Å². The minimum Gasteiger partial charge on any atom is -0.311 e. The molecule has 0 spiro atoms. The van der Waals surface area contributed by atoms with E-state index in [1.807, 2.05) is 29.5 Å². The van der Waals surface area contributed by atoms with Crippen molar-refractivity contribution in [3.05, 3.63) is 96.3 Å². The van der Waals surface area contributed by atoms with E-state index < -0.39 is 0 Å². The number of hydrogen-bond donors (Lipinski definition) is 1. The Hall–Kier alpha value is -3.29. The highest BCUT2D eigenvalue weighted by atomic mass is 15.5. The molecule has 0 bridgehead atoms. The summed E-state index contributed by atoms with van der Waals surface area (Å²) in [5.74, 6) is 1.07. The van der Waals surface area contributed by atoms with E-state index in [4.69, 9.17) is 5.10 Å². The highest BCUT2D eigenvalue weighted by molar-refractivity contribution is 5.36. The number of likely N-dealkylation sites (tertiary alicyclic amines) is 1. The van der Waals surface area contributed by atoms with Gasteiger partial charge in [-0.05, 0) is 23.8 Å². The number of nitrogens with zero attached hydrogens (tertiary/aromatic N) is 6. The van der Waals surface area contributed by atoms with Crippen molar-refractivity contribution in [3.8, 4) is 5.69 Å². The maximum absolute atomic E-state index is 4.78. The van der Waals surface area contributed by atoms with Crippen LogP contribution in [0.2, 0.25) is 0 Å². The van der Waals surface area contributed by atoms with Crippen LogP contribution in [0.25, 0.3) is 5.69 Å². The number of benzene rings is 2. The van der Waals surface area contributed by atoms with Crippen molar-refractivity contribution in [1.82, 2.24) is 29.9 Å². The van der Waals surface area contributed by atoms with Gasteiger partial charge in [-0.2, -0.15) is 5.10 Å². The van der Waals surface area contributed by atoms with Crippen molar-refractivity contribution in [2.24, 2.45) is 0 Å². The molecule has 2 atom stereocenters. The minimum absolute atomic E-state index is 0.158. The van der Waals surface area contributed by atoms with Gasteiger partial charge in [-0.1, -0.05) is 42.5 Å². The predicted molar refractivity (Wildman–Crippen MR) is 131 cm³/mol. The van der Waals surface area contributed by atoms with Crippen LogP contribution in [-0.2, 0) is 6.54 Å². The molecule has 0 amide bonds. The van der Waals surface area contributed by atoms with Crippen molar-refractivity contribution in [2.75, 3.05) is 26.2 Å². The lowest BCUT2D eigenvalue weighted by Crippen LogP contribution is -2.57. The van der Waals surface area contributed by atoms with Crippen LogP contribution in [0, 0.1) is 0 Å². The van der Waals surface area contributed by atoms with Gasteiger partial charge in [0.15, 0.2) is 11.9 Å². The van der Waals surface area contributed by atoms with E-state index in [2.05, 4.69) is 74.7 Å². The minimum atomic E-state index is 0.158. The zero-order valence-electron chi connectivity index (χ0n) is 19.5. The van der Waals surface area contributed by atoms with Gasteiger partial charge in [0.2, 0.25) is 0 Å². The molecule has 1 N–H and O–H groups in total. The second kappa shape index (κ2) is 9.16. The van der Waals surface area contributed by atoms with Gasteiger partial charge in [0.1, 0.15) is 12.4 Å². The van der Waals surface area contributed by atoms with Gasteiger partial charge in [0, 0.05) is 50.3 Å². The van der Waals surface area contributed by atoms with E-state index in [-0.39, 0.29) is 6.04 Å².